The number of benzene rings is 1. The molecule has 0 radical (unpaired) electrons. The van der Waals surface area contributed by atoms with Gasteiger partial charge in [0.1, 0.15) is 5.78 Å². The van der Waals surface area contributed by atoms with Gasteiger partial charge in [0.25, 0.3) is 0 Å². The summed E-state index contributed by atoms with van der Waals surface area (Å²) < 4.78 is 0. The molecule has 0 bridgehead atoms. The minimum Gasteiger partial charge on any atom is -0.300 e. The molecule has 1 aromatic carbocycles. The predicted molar refractivity (Wildman–Crippen MR) is 59.9 cm³/mol. The third-order valence-electron chi connectivity index (χ3n) is 2.76. The van der Waals surface area contributed by atoms with Crippen LogP contribution in [0.5, 0.6) is 0 Å². The number of thioether (sulfide) groups is 1. The molecule has 0 spiro atoms. The Labute approximate surface area is 88.9 Å². The lowest BCUT2D eigenvalue weighted by Crippen LogP contribution is -1.95. The van der Waals surface area contributed by atoms with Crippen LogP contribution >= 0.6 is 11.8 Å². The lowest BCUT2D eigenvalue weighted by molar-refractivity contribution is -0.118. The van der Waals surface area contributed by atoms with E-state index in [4.69, 9.17) is 0 Å². The fourth-order valence-electron chi connectivity index (χ4n) is 1.88. The van der Waals surface area contributed by atoms with Crippen molar-refractivity contribution in [2.45, 2.75) is 30.6 Å². The van der Waals surface area contributed by atoms with Crippen LogP contribution in [-0.2, 0) is 17.6 Å². The van der Waals surface area contributed by atoms with Crippen LogP contribution < -0.4 is 0 Å². The first-order chi connectivity index (χ1) is 6.79. The Bertz CT molecular complexity index is 357. The van der Waals surface area contributed by atoms with Crippen molar-refractivity contribution in [2.75, 3.05) is 6.26 Å². The Balaban J connectivity index is 2.31. The van der Waals surface area contributed by atoms with E-state index in [-0.39, 0.29) is 0 Å². The summed E-state index contributed by atoms with van der Waals surface area (Å²) in [4.78, 5) is 12.6. The number of carbonyl (C=O) groups excluding carboxylic acids is 1. The first kappa shape index (κ1) is 9.78. The van der Waals surface area contributed by atoms with Crippen molar-refractivity contribution in [2.24, 2.45) is 0 Å². The second-order valence-corrected chi connectivity index (χ2v) is 4.55. The molecule has 1 aromatic rings. The van der Waals surface area contributed by atoms with Gasteiger partial charge in [-0.3, -0.25) is 4.79 Å². The number of aryl methyl sites for hydroxylation is 2. The Kier molecular flexibility index (Phi) is 2.92. The number of rotatable bonds is 1. The predicted octanol–water partition coefficient (Wildman–Crippen LogP) is 2.86. The molecule has 2 heteroatoms. The summed E-state index contributed by atoms with van der Waals surface area (Å²) in [6, 6.07) is 6.57. The normalized spacial score (nSPS) is 16.2. The molecule has 0 saturated heterocycles. The molecule has 0 amide bonds. The largest absolute Gasteiger partial charge is 0.300 e. The number of Topliss-reactive ketones (excluding diaryl/α,β-unsaturated/α-hetero) is 1. The fourth-order valence-corrected chi connectivity index (χ4v) is 2.34. The summed E-state index contributed by atoms with van der Waals surface area (Å²) in [7, 11) is 0. The van der Waals surface area contributed by atoms with Crippen molar-refractivity contribution in [1.29, 1.82) is 0 Å². The Hall–Kier alpha value is -0.760. The highest BCUT2D eigenvalue weighted by Gasteiger charge is 2.12. The van der Waals surface area contributed by atoms with E-state index in [1.165, 1.54) is 16.0 Å². The van der Waals surface area contributed by atoms with Gasteiger partial charge in [-0.15, -0.1) is 11.8 Å². The van der Waals surface area contributed by atoms with Gasteiger partial charge >= 0.3 is 0 Å². The van der Waals surface area contributed by atoms with E-state index in [9.17, 15) is 4.79 Å². The van der Waals surface area contributed by atoms with Crippen LogP contribution in [0.25, 0.3) is 0 Å². The molecule has 0 atom stereocenters. The highest BCUT2D eigenvalue weighted by molar-refractivity contribution is 7.98. The van der Waals surface area contributed by atoms with Gasteiger partial charge in [-0.2, -0.15) is 0 Å². The maximum Gasteiger partial charge on any atom is 0.133 e. The second kappa shape index (κ2) is 4.18. The molecule has 0 N–H and O–H groups in total. The van der Waals surface area contributed by atoms with Gasteiger partial charge in [-0.25, -0.2) is 0 Å². The van der Waals surface area contributed by atoms with Gasteiger partial charge in [0.15, 0.2) is 0 Å². The highest BCUT2D eigenvalue weighted by atomic mass is 32.2. The zero-order valence-corrected chi connectivity index (χ0v) is 9.19. The third-order valence-corrected chi connectivity index (χ3v) is 3.49. The molecule has 0 aromatic heterocycles. The molecular formula is C12H14OS. The molecule has 14 heavy (non-hydrogen) atoms. The van der Waals surface area contributed by atoms with Crippen LogP contribution in [0.4, 0.5) is 0 Å². The topological polar surface area (TPSA) is 17.1 Å². The van der Waals surface area contributed by atoms with Crippen LogP contribution in [-0.4, -0.2) is 12.0 Å². The third kappa shape index (κ3) is 2.01. The maximum atomic E-state index is 11.3. The molecule has 1 nitrogen and oxygen atoms in total. The zero-order chi connectivity index (χ0) is 9.97. The fraction of sp³-hybridized carbons (Fsp3) is 0.417. The van der Waals surface area contributed by atoms with E-state index in [0.717, 1.165) is 25.7 Å². The molecular weight excluding hydrogens is 192 g/mol. The summed E-state index contributed by atoms with van der Waals surface area (Å²) in [6.45, 7) is 0. The van der Waals surface area contributed by atoms with E-state index in [1.807, 2.05) is 0 Å². The van der Waals surface area contributed by atoms with Crippen LogP contribution in [0.2, 0.25) is 0 Å². The zero-order valence-electron chi connectivity index (χ0n) is 8.38. The smallest absolute Gasteiger partial charge is 0.133 e. The number of carbonyl (C=O) groups is 1. The van der Waals surface area contributed by atoms with Crippen molar-refractivity contribution in [3.8, 4) is 0 Å². The van der Waals surface area contributed by atoms with Gasteiger partial charge in [-0.05, 0) is 42.4 Å². The molecule has 74 valence electrons. The number of fused-ring (bicyclic) bond motifs is 1. The number of ketones is 1. The lowest BCUT2D eigenvalue weighted by Gasteiger charge is -2.06. The summed E-state index contributed by atoms with van der Waals surface area (Å²) in [6.07, 6.45) is 5.41. The van der Waals surface area contributed by atoms with Gasteiger partial charge < -0.3 is 0 Å². The molecule has 1 aliphatic rings. The Morgan fingerprint density at radius 2 is 1.79 bits per heavy atom. The molecule has 0 aliphatic heterocycles. The standard InChI is InChI=1S/C12H14OS/c1-14-12-7-4-9-2-5-11(13)6-3-10(9)8-12/h4,7-8H,2-3,5-6H2,1H3. The van der Waals surface area contributed by atoms with Crippen LogP contribution in [0, 0.1) is 0 Å². The summed E-state index contributed by atoms with van der Waals surface area (Å²) in [5.41, 5.74) is 2.75. The Morgan fingerprint density at radius 1 is 1.07 bits per heavy atom. The minimum atomic E-state index is 0.409. The average molecular weight is 206 g/mol. The van der Waals surface area contributed by atoms with Gasteiger partial charge in [0, 0.05) is 17.7 Å². The van der Waals surface area contributed by atoms with E-state index in [1.54, 1.807) is 11.8 Å². The van der Waals surface area contributed by atoms with Gasteiger partial charge in [0.05, 0.1) is 0 Å². The first-order valence-corrected chi connectivity index (χ1v) is 6.19. The number of hydrogen-bond donors (Lipinski definition) is 0. The van der Waals surface area contributed by atoms with Crippen LogP contribution in [0.15, 0.2) is 23.1 Å². The van der Waals surface area contributed by atoms with Crippen LogP contribution in [0.3, 0.4) is 0 Å². The van der Waals surface area contributed by atoms with E-state index < -0.39 is 0 Å². The summed E-state index contributed by atoms with van der Waals surface area (Å²) in [5.74, 6) is 0.409. The van der Waals surface area contributed by atoms with Crippen molar-refractivity contribution in [3.63, 3.8) is 0 Å². The molecule has 1 aliphatic carbocycles. The van der Waals surface area contributed by atoms with Gasteiger partial charge in [-0.1, -0.05) is 6.07 Å². The quantitative estimate of drug-likeness (QED) is 0.519. The molecule has 0 saturated carbocycles. The van der Waals surface area contributed by atoms with E-state index in [0.29, 0.717) is 5.78 Å². The lowest BCUT2D eigenvalue weighted by atomic mass is 10.0. The molecule has 0 unspecified atom stereocenters. The highest BCUT2D eigenvalue weighted by Crippen LogP contribution is 2.24. The summed E-state index contributed by atoms with van der Waals surface area (Å²) >= 11 is 1.76. The van der Waals surface area contributed by atoms with Crippen molar-refractivity contribution in [1.82, 2.24) is 0 Å². The van der Waals surface area contributed by atoms with Crippen LogP contribution in [0.1, 0.15) is 24.0 Å². The first-order valence-electron chi connectivity index (χ1n) is 4.97. The number of hydrogen-bond acceptors (Lipinski definition) is 2. The van der Waals surface area contributed by atoms with Crippen molar-refractivity contribution in [3.05, 3.63) is 29.3 Å². The summed E-state index contributed by atoms with van der Waals surface area (Å²) in [5, 5.41) is 0. The maximum absolute atomic E-state index is 11.3. The monoisotopic (exact) mass is 206 g/mol. The Morgan fingerprint density at radius 3 is 2.50 bits per heavy atom. The second-order valence-electron chi connectivity index (χ2n) is 3.67. The van der Waals surface area contributed by atoms with E-state index in [2.05, 4.69) is 24.5 Å². The molecule has 0 heterocycles. The average Bonchev–Trinajstić information content (AvgIpc) is 2.40. The minimum absolute atomic E-state index is 0.409. The molecule has 0 fully saturated rings. The van der Waals surface area contributed by atoms with E-state index >= 15 is 0 Å². The van der Waals surface area contributed by atoms with Gasteiger partial charge in [0.2, 0.25) is 0 Å². The SMILES string of the molecule is CSc1ccc2c(c1)CCC(=O)CC2. The van der Waals surface area contributed by atoms with Crippen molar-refractivity contribution < 1.29 is 4.79 Å². The molecule has 2 rings (SSSR count). The van der Waals surface area contributed by atoms with Crippen molar-refractivity contribution >= 4 is 17.5 Å².